The molecule has 2 aromatic carbocycles. The van der Waals surface area contributed by atoms with Crippen molar-refractivity contribution in [3.05, 3.63) is 80.1 Å². The highest BCUT2D eigenvalue weighted by atomic mass is 35.5. The molecule has 0 fully saturated rings. The maximum atomic E-state index is 13.7. The van der Waals surface area contributed by atoms with Crippen molar-refractivity contribution in [1.82, 2.24) is 4.98 Å². The predicted molar refractivity (Wildman–Crippen MR) is 132 cm³/mol. The third-order valence-electron chi connectivity index (χ3n) is 5.50. The molecule has 1 unspecified atom stereocenters. The molecule has 0 saturated heterocycles. The van der Waals surface area contributed by atoms with Crippen molar-refractivity contribution in [1.29, 1.82) is 0 Å². The fraction of sp³-hybridized carbons (Fsp3) is 0.240. The lowest BCUT2D eigenvalue weighted by Gasteiger charge is -2.23. The number of carbonyl (C=O) groups is 1. The van der Waals surface area contributed by atoms with Crippen LogP contribution in [0, 0.1) is 0 Å². The van der Waals surface area contributed by atoms with Crippen LogP contribution in [0.15, 0.2) is 57.2 Å². The van der Waals surface area contributed by atoms with Gasteiger partial charge in [0.2, 0.25) is 5.76 Å². The first kappa shape index (κ1) is 22.4. The Hall–Kier alpha value is -3.36. The summed E-state index contributed by atoms with van der Waals surface area (Å²) in [6.07, 6.45) is 2.47. The van der Waals surface area contributed by atoms with Crippen LogP contribution in [0.2, 0.25) is 5.02 Å². The van der Waals surface area contributed by atoms with Crippen molar-refractivity contribution in [2.75, 3.05) is 18.1 Å². The highest BCUT2D eigenvalue weighted by molar-refractivity contribution is 7.13. The molecule has 0 radical (unpaired) electrons. The Morgan fingerprint density at radius 1 is 1.12 bits per heavy atom. The van der Waals surface area contributed by atoms with Gasteiger partial charge in [0.25, 0.3) is 5.91 Å². The van der Waals surface area contributed by atoms with Gasteiger partial charge in [0.05, 0.1) is 30.2 Å². The molecule has 0 N–H and O–H groups in total. The number of ether oxygens (including phenoxy) is 2. The van der Waals surface area contributed by atoms with E-state index < -0.39 is 11.9 Å². The molecule has 0 spiro atoms. The molecular weight excluding hydrogens is 476 g/mol. The topological polar surface area (TPSA) is 81.9 Å². The average Bonchev–Trinajstić information content (AvgIpc) is 3.46. The lowest BCUT2D eigenvalue weighted by molar-refractivity contribution is 0.0971. The number of amides is 1. The van der Waals surface area contributed by atoms with Crippen molar-refractivity contribution in [2.24, 2.45) is 0 Å². The number of fused-ring (bicyclic) bond motifs is 2. The zero-order valence-electron chi connectivity index (χ0n) is 18.5. The smallest absolute Gasteiger partial charge is 0.297 e. The van der Waals surface area contributed by atoms with E-state index in [1.54, 1.807) is 35.8 Å². The van der Waals surface area contributed by atoms with Crippen LogP contribution in [-0.4, -0.2) is 24.1 Å². The van der Waals surface area contributed by atoms with E-state index in [2.05, 4.69) is 4.98 Å². The second-order valence-corrected chi connectivity index (χ2v) is 9.00. The minimum Gasteiger partial charge on any atom is -0.490 e. The van der Waals surface area contributed by atoms with E-state index in [-0.39, 0.29) is 16.8 Å². The second-order valence-electron chi connectivity index (χ2n) is 7.69. The molecule has 7 nitrogen and oxygen atoms in total. The number of nitrogens with zero attached hydrogens (tertiary/aromatic N) is 2. The SMILES string of the molecule is CCCOc1ccc(C2c3c(oc4ccc(Cl)cc4c3=O)C(=O)N2c2nccs2)cc1OCC. The van der Waals surface area contributed by atoms with Gasteiger partial charge < -0.3 is 13.9 Å². The molecule has 1 atom stereocenters. The fourth-order valence-electron chi connectivity index (χ4n) is 4.09. The normalized spacial score (nSPS) is 15.1. The molecule has 34 heavy (non-hydrogen) atoms. The van der Waals surface area contributed by atoms with E-state index in [0.29, 0.717) is 51.4 Å². The summed E-state index contributed by atoms with van der Waals surface area (Å²) in [5.41, 5.74) is 0.933. The molecule has 174 valence electrons. The number of aromatic nitrogens is 1. The Morgan fingerprint density at radius 2 is 1.97 bits per heavy atom. The van der Waals surface area contributed by atoms with E-state index in [1.165, 1.54) is 16.2 Å². The largest absolute Gasteiger partial charge is 0.490 e. The second kappa shape index (κ2) is 9.12. The van der Waals surface area contributed by atoms with Gasteiger partial charge in [0.1, 0.15) is 5.58 Å². The Bertz CT molecular complexity index is 1430. The van der Waals surface area contributed by atoms with Gasteiger partial charge in [-0.1, -0.05) is 24.6 Å². The highest BCUT2D eigenvalue weighted by Crippen LogP contribution is 2.43. The third kappa shape index (κ3) is 3.73. The summed E-state index contributed by atoms with van der Waals surface area (Å²) in [7, 11) is 0. The van der Waals surface area contributed by atoms with E-state index >= 15 is 0 Å². The number of anilines is 1. The zero-order chi connectivity index (χ0) is 23.8. The molecule has 1 aliphatic heterocycles. The number of thiazole rings is 1. The molecular formula is C25H21ClN2O5S. The van der Waals surface area contributed by atoms with Crippen molar-refractivity contribution >= 4 is 44.9 Å². The highest BCUT2D eigenvalue weighted by Gasteiger charge is 2.45. The number of benzene rings is 2. The molecule has 0 saturated carbocycles. The van der Waals surface area contributed by atoms with Crippen molar-refractivity contribution in [3.63, 3.8) is 0 Å². The van der Waals surface area contributed by atoms with Crippen LogP contribution < -0.4 is 19.8 Å². The van der Waals surface area contributed by atoms with Gasteiger partial charge in [0.15, 0.2) is 22.1 Å². The molecule has 0 bridgehead atoms. The van der Waals surface area contributed by atoms with Crippen LogP contribution in [0.25, 0.3) is 11.0 Å². The first-order valence-electron chi connectivity index (χ1n) is 10.9. The summed E-state index contributed by atoms with van der Waals surface area (Å²) in [5.74, 6) is 0.731. The predicted octanol–water partition coefficient (Wildman–Crippen LogP) is 5.84. The molecule has 3 heterocycles. The summed E-state index contributed by atoms with van der Waals surface area (Å²) in [6.45, 7) is 4.90. The first-order valence-corrected chi connectivity index (χ1v) is 12.2. The first-order chi connectivity index (χ1) is 16.5. The lowest BCUT2D eigenvalue weighted by Crippen LogP contribution is -2.29. The number of rotatable bonds is 7. The van der Waals surface area contributed by atoms with Crippen LogP contribution in [0.4, 0.5) is 5.13 Å². The zero-order valence-corrected chi connectivity index (χ0v) is 20.1. The van der Waals surface area contributed by atoms with Gasteiger partial charge in [-0.3, -0.25) is 14.5 Å². The minimum absolute atomic E-state index is 0.00397. The van der Waals surface area contributed by atoms with Crippen molar-refractivity contribution in [3.8, 4) is 11.5 Å². The Labute approximate surface area is 204 Å². The molecule has 2 aromatic heterocycles. The number of hydrogen-bond acceptors (Lipinski definition) is 7. The molecule has 1 amide bonds. The van der Waals surface area contributed by atoms with Crippen LogP contribution in [0.1, 0.15) is 48.0 Å². The number of hydrogen-bond donors (Lipinski definition) is 0. The quantitative estimate of drug-likeness (QED) is 0.319. The summed E-state index contributed by atoms with van der Waals surface area (Å²) in [5, 5.41) is 2.97. The number of carbonyl (C=O) groups excluding carboxylic acids is 1. The summed E-state index contributed by atoms with van der Waals surface area (Å²) in [6, 6.07) is 9.49. The van der Waals surface area contributed by atoms with E-state index in [0.717, 1.165) is 6.42 Å². The van der Waals surface area contributed by atoms with Crippen molar-refractivity contribution < 1.29 is 18.7 Å². The third-order valence-corrected chi connectivity index (χ3v) is 6.51. The van der Waals surface area contributed by atoms with E-state index in [9.17, 15) is 9.59 Å². The maximum absolute atomic E-state index is 13.7. The fourth-order valence-corrected chi connectivity index (χ4v) is 4.93. The van der Waals surface area contributed by atoms with E-state index in [1.807, 2.05) is 26.0 Å². The summed E-state index contributed by atoms with van der Waals surface area (Å²) >= 11 is 7.46. The van der Waals surface area contributed by atoms with Crippen LogP contribution >= 0.6 is 22.9 Å². The number of halogens is 1. The van der Waals surface area contributed by atoms with Gasteiger partial charge >= 0.3 is 0 Å². The minimum atomic E-state index is -0.743. The Balaban J connectivity index is 1.74. The van der Waals surface area contributed by atoms with Gasteiger partial charge in [-0.05, 0) is 49.2 Å². The van der Waals surface area contributed by atoms with Gasteiger partial charge in [-0.15, -0.1) is 11.3 Å². The molecule has 0 aliphatic carbocycles. The molecule has 1 aliphatic rings. The van der Waals surface area contributed by atoms with Crippen LogP contribution in [0.3, 0.4) is 0 Å². The average molecular weight is 497 g/mol. The van der Waals surface area contributed by atoms with Gasteiger partial charge in [-0.25, -0.2) is 4.98 Å². The van der Waals surface area contributed by atoms with Crippen LogP contribution in [0.5, 0.6) is 11.5 Å². The molecule has 4 aromatic rings. The Morgan fingerprint density at radius 3 is 2.71 bits per heavy atom. The monoisotopic (exact) mass is 496 g/mol. The lowest BCUT2D eigenvalue weighted by atomic mass is 9.98. The standard InChI is InChI=1S/C25H21ClN2O5S/c1-3-10-32-18-7-5-14(12-19(18)31-4-2)21-20-22(29)16-13-15(26)6-8-17(16)33-23(20)24(30)28(21)25-27-9-11-34-25/h5-9,11-13,21H,3-4,10H2,1-2H3. The summed E-state index contributed by atoms with van der Waals surface area (Å²) < 4.78 is 17.6. The van der Waals surface area contributed by atoms with Gasteiger partial charge in [0, 0.05) is 16.6 Å². The van der Waals surface area contributed by atoms with Crippen molar-refractivity contribution in [2.45, 2.75) is 26.3 Å². The molecule has 5 rings (SSSR count). The summed E-state index contributed by atoms with van der Waals surface area (Å²) in [4.78, 5) is 33.0. The van der Waals surface area contributed by atoms with E-state index in [4.69, 9.17) is 25.5 Å². The maximum Gasteiger partial charge on any atom is 0.297 e. The van der Waals surface area contributed by atoms with Gasteiger partial charge in [-0.2, -0.15) is 0 Å². The molecule has 9 heteroatoms. The Kier molecular flexibility index (Phi) is 6.02. The van der Waals surface area contributed by atoms with Crippen LogP contribution in [-0.2, 0) is 0 Å².